The van der Waals surface area contributed by atoms with E-state index in [9.17, 15) is 15.0 Å². The largest absolute Gasteiger partial charge is 0.394 e. The molecular formula is C10H14BrNO3. The first-order valence-corrected chi connectivity index (χ1v) is 5.49. The summed E-state index contributed by atoms with van der Waals surface area (Å²) in [7, 11) is 0. The van der Waals surface area contributed by atoms with Crippen molar-refractivity contribution in [3.8, 4) is 0 Å². The van der Waals surface area contributed by atoms with Gasteiger partial charge in [-0.15, -0.1) is 0 Å². The van der Waals surface area contributed by atoms with Gasteiger partial charge in [0.25, 0.3) is 5.56 Å². The molecule has 0 aromatic carbocycles. The van der Waals surface area contributed by atoms with Crippen LogP contribution in [-0.4, -0.2) is 28.0 Å². The maximum atomic E-state index is 11.6. The molecule has 0 radical (unpaired) electrons. The fourth-order valence-corrected chi connectivity index (χ4v) is 1.77. The lowest BCUT2D eigenvalue weighted by Crippen LogP contribution is -2.46. The second-order valence-electron chi connectivity index (χ2n) is 3.45. The van der Waals surface area contributed by atoms with E-state index >= 15 is 0 Å². The second-order valence-corrected chi connectivity index (χ2v) is 4.37. The van der Waals surface area contributed by atoms with Crippen molar-refractivity contribution in [1.82, 2.24) is 4.57 Å². The Kier molecular flexibility index (Phi) is 4.07. The molecule has 15 heavy (non-hydrogen) atoms. The molecule has 84 valence electrons. The van der Waals surface area contributed by atoms with Crippen LogP contribution in [-0.2, 0) is 5.54 Å². The molecule has 0 atom stereocenters. The summed E-state index contributed by atoms with van der Waals surface area (Å²) in [4.78, 5) is 11.6. The molecule has 0 saturated heterocycles. The quantitative estimate of drug-likeness (QED) is 0.851. The monoisotopic (exact) mass is 275 g/mol. The van der Waals surface area contributed by atoms with E-state index in [-0.39, 0.29) is 18.8 Å². The number of aliphatic hydroxyl groups is 2. The lowest BCUT2D eigenvalue weighted by atomic mass is 9.98. The minimum Gasteiger partial charge on any atom is -0.394 e. The van der Waals surface area contributed by atoms with Crippen molar-refractivity contribution >= 4 is 15.9 Å². The molecular weight excluding hydrogens is 262 g/mol. The predicted octanol–water partition coefficient (Wildman–Crippen LogP) is 0.701. The average Bonchev–Trinajstić information content (AvgIpc) is 2.26. The fourth-order valence-electron chi connectivity index (χ4n) is 1.43. The van der Waals surface area contributed by atoms with Crippen molar-refractivity contribution in [1.29, 1.82) is 0 Å². The molecule has 0 fully saturated rings. The van der Waals surface area contributed by atoms with Crippen molar-refractivity contribution in [2.24, 2.45) is 0 Å². The highest BCUT2D eigenvalue weighted by Gasteiger charge is 2.29. The molecule has 0 aliphatic heterocycles. The zero-order valence-corrected chi connectivity index (χ0v) is 10.1. The summed E-state index contributed by atoms with van der Waals surface area (Å²) < 4.78 is 2.11. The zero-order chi connectivity index (χ0) is 11.5. The summed E-state index contributed by atoms with van der Waals surface area (Å²) in [6.07, 6.45) is 2.06. The topological polar surface area (TPSA) is 62.5 Å². The smallest absolute Gasteiger partial charge is 0.251 e. The Labute approximate surface area is 96.3 Å². The van der Waals surface area contributed by atoms with E-state index in [1.165, 1.54) is 10.6 Å². The molecule has 4 nitrogen and oxygen atoms in total. The number of aromatic nitrogens is 1. The molecule has 1 aromatic rings. The Morgan fingerprint density at radius 2 is 2.00 bits per heavy atom. The van der Waals surface area contributed by atoms with Crippen LogP contribution in [0.25, 0.3) is 0 Å². The van der Waals surface area contributed by atoms with Crippen LogP contribution in [0, 0.1) is 0 Å². The molecule has 0 aliphatic rings. The molecule has 0 saturated carbocycles. The molecule has 0 unspecified atom stereocenters. The number of halogens is 1. The summed E-state index contributed by atoms with van der Waals surface area (Å²) in [6.45, 7) is 1.28. The van der Waals surface area contributed by atoms with Crippen molar-refractivity contribution < 1.29 is 10.2 Å². The number of nitrogens with zero attached hydrogens (tertiary/aromatic N) is 1. The van der Waals surface area contributed by atoms with Crippen molar-refractivity contribution in [3.63, 3.8) is 0 Å². The van der Waals surface area contributed by atoms with Gasteiger partial charge in [0.2, 0.25) is 0 Å². The van der Waals surface area contributed by atoms with E-state index in [0.29, 0.717) is 6.42 Å². The van der Waals surface area contributed by atoms with Crippen LogP contribution in [0.1, 0.15) is 13.3 Å². The van der Waals surface area contributed by atoms with Gasteiger partial charge < -0.3 is 14.8 Å². The molecule has 0 aliphatic carbocycles. The van der Waals surface area contributed by atoms with E-state index in [2.05, 4.69) is 15.9 Å². The minimum atomic E-state index is -0.916. The SMILES string of the molecule is CCC(CO)(CO)n1cc(Br)ccc1=O. The van der Waals surface area contributed by atoms with Crippen LogP contribution < -0.4 is 5.56 Å². The summed E-state index contributed by atoms with van der Waals surface area (Å²) in [5.41, 5.74) is -1.15. The zero-order valence-electron chi connectivity index (χ0n) is 8.48. The van der Waals surface area contributed by atoms with Gasteiger partial charge in [0.05, 0.1) is 18.8 Å². The maximum absolute atomic E-state index is 11.6. The number of rotatable bonds is 4. The van der Waals surface area contributed by atoms with Gasteiger partial charge in [0, 0.05) is 16.7 Å². The van der Waals surface area contributed by atoms with Gasteiger partial charge in [-0.1, -0.05) is 6.92 Å². The highest BCUT2D eigenvalue weighted by atomic mass is 79.9. The summed E-state index contributed by atoms with van der Waals surface area (Å²) >= 11 is 3.25. The average molecular weight is 276 g/mol. The predicted molar refractivity (Wildman–Crippen MR) is 60.8 cm³/mol. The highest BCUT2D eigenvalue weighted by Crippen LogP contribution is 2.19. The van der Waals surface area contributed by atoms with Crippen LogP contribution in [0.3, 0.4) is 0 Å². The first-order chi connectivity index (χ1) is 7.09. The Hall–Kier alpha value is -0.650. The molecule has 0 bridgehead atoms. The fraction of sp³-hybridized carbons (Fsp3) is 0.500. The number of aliphatic hydroxyl groups excluding tert-OH is 2. The lowest BCUT2D eigenvalue weighted by molar-refractivity contribution is 0.0569. The molecule has 1 aromatic heterocycles. The van der Waals surface area contributed by atoms with Gasteiger partial charge in [-0.3, -0.25) is 4.79 Å². The molecule has 0 amide bonds. The third-order valence-corrected chi connectivity index (χ3v) is 3.10. The third-order valence-electron chi connectivity index (χ3n) is 2.63. The molecule has 1 heterocycles. The Balaban J connectivity index is 3.34. The van der Waals surface area contributed by atoms with Gasteiger partial charge >= 0.3 is 0 Å². The summed E-state index contributed by atoms with van der Waals surface area (Å²) in [6, 6.07) is 3.04. The van der Waals surface area contributed by atoms with Crippen LogP contribution >= 0.6 is 15.9 Å². The van der Waals surface area contributed by atoms with E-state index in [1.807, 2.05) is 6.92 Å². The Morgan fingerprint density at radius 1 is 1.40 bits per heavy atom. The Morgan fingerprint density at radius 3 is 2.47 bits per heavy atom. The number of hydrogen-bond acceptors (Lipinski definition) is 3. The van der Waals surface area contributed by atoms with Crippen LogP contribution in [0.15, 0.2) is 27.6 Å². The number of hydrogen-bond donors (Lipinski definition) is 2. The maximum Gasteiger partial charge on any atom is 0.251 e. The summed E-state index contributed by atoms with van der Waals surface area (Å²) in [5, 5.41) is 18.6. The van der Waals surface area contributed by atoms with Crippen LogP contribution in [0.2, 0.25) is 0 Å². The summed E-state index contributed by atoms with van der Waals surface area (Å²) in [5.74, 6) is 0. The van der Waals surface area contributed by atoms with Crippen molar-refractivity contribution in [2.75, 3.05) is 13.2 Å². The molecule has 1 rings (SSSR count). The van der Waals surface area contributed by atoms with Crippen molar-refractivity contribution in [2.45, 2.75) is 18.9 Å². The van der Waals surface area contributed by atoms with E-state index in [1.54, 1.807) is 12.3 Å². The third kappa shape index (κ3) is 2.30. The van der Waals surface area contributed by atoms with Crippen LogP contribution in [0.5, 0.6) is 0 Å². The van der Waals surface area contributed by atoms with Gasteiger partial charge in [0.1, 0.15) is 0 Å². The first kappa shape index (κ1) is 12.4. The van der Waals surface area contributed by atoms with Gasteiger partial charge in [-0.25, -0.2) is 0 Å². The Bertz CT molecular complexity index is 376. The lowest BCUT2D eigenvalue weighted by Gasteiger charge is -2.31. The molecule has 2 N–H and O–H groups in total. The first-order valence-electron chi connectivity index (χ1n) is 4.70. The van der Waals surface area contributed by atoms with Crippen molar-refractivity contribution in [3.05, 3.63) is 33.2 Å². The van der Waals surface area contributed by atoms with E-state index < -0.39 is 5.54 Å². The standard InChI is InChI=1S/C10H14BrNO3/c1-2-10(6-13,7-14)12-5-8(11)3-4-9(12)15/h3-5,13-14H,2,6-7H2,1H3. The molecule has 0 spiro atoms. The highest BCUT2D eigenvalue weighted by molar-refractivity contribution is 9.10. The van der Waals surface area contributed by atoms with E-state index in [0.717, 1.165) is 4.47 Å². The van der Waals surface area contributed by atoms with Gasteiger partial charge in [-0.2, -0.15) is 0 Å². The normalized spacial score (nSPS) is 11.7. The molecule has 5 heteroatoms. The van der Waals surface area contributed by atoms with Crippen LogP contribution in [0.4, 0.5) is 0 Å². The van der Waals surface area contributed by atoms with Gasteiger partial charge in [-0.05, 0) is 28.4 Å². The second kappa shape index (κ2) is 4.92. The van der Waals surface area contributed by atoms with Gasteiger partial charge in [0.15, 0.2) is 0 Å². The minimum absolute atomic E-state index is 0.233. The van der Waals surface area contributed by atoms with E-state index in [4.69, 9.17) is 0 Å². The number of pyridine rings is 1.